The van der Waals surface area contributed by atoms with Crippen molar-refractivity contribution in [1.29, 1.82) is 0 Å². The van der Waals surface area contributed by atoms with Crippen molar-refractivity contribution in [3.8, 4) is 0 Å². The zero-order valence-electron chi connectivity index (χ0n) is 18.6. The second kappa shape index (κ2) is 8.78. The second-order valence-corrected chi connectivity index (χ2v) is 10.3. The third kappa shape index (κ3) is 4.57. The average Bonchev–Trinajstić information content (AvgIpc) is 2.75. The van der Waals surface area contributed by atoms with Gasteiger partial charge in [0.1, 0.15) is 5.82 Å². The Bertz CT molecular complexity index is 923. The summed E-state index contributed by atoms with van der Waals surface area (Å²) in [7, 11) is 0. The highest BCUT2D eigenvalue weighted by molar-refractivity contribution is 5.84. The van der Waals surface area contributed by atoms with Gasteiger partial charge in [-0.1, -0.05) is 25.5 Å². The van der Waals surface area contributed by atoms with Crippen molar-refractivity contribution in [2.24, 2.45) is 11.8 Å². The molecule has 2 atom stereocenters. The van der Waals surface area contributed by atoms with Crippen molar-refractivity contribution in [3.05, 3.63) is 36.0 Å². The van der Waals surface area contributed by atoms with E-state index in [2.05, 4.69) is 41.4 Å². The van der Waals surface area contributed by atoms with Gasteiger partial charge in [-0.05, 0) is 80.4 Å². The first-order chi connectivity index (χ1) is 15.0. The molecule has 2 N–H and O–H groups in total. The van der Waals surface area contributed by atoms with Gasteiger partial charge < -0.3 is 10.4 Å². The van der Waals surface area contributed by atoms with Gasteiger partial charge in [-0.3, -0.25) is 9.69 Å². The number of nitrogens with one attached hydrogen (secondary N) is 1. The van der Waals surface area contributed by atoms with Crippen molar-refractivity contribution in [2.75, 3.05) is 5.32 Å². The second-order valence-electron chi connectivity index (χ2n) is 10.3. The molecule has 5 rings (SSSR count). The van der Waals surface area contributed by atoms with Crippen molar-refractivity contribution >= 4 is 22.6 Å². The van der Waals surface area contributed by atoms with Crippen LogP contribution in [0.4, 0.5) is 5.82 Å². The number of aliphatic carboxylic acids is 1. The summed E-state index contributed by atoms with van der Waals surface area (Å²) >= 11 is 0. The molecule has 3 fully saturated rings. The maximum atomic E-state index is 11.5. The Kier molecular flexibility index (Phi) is 5.87. The number of benzene rings is 1. The van der Waals surface area contributed by atoms with Crippen LogP contribution >= 0.6 is 0 Å². The van der Waals surface area contributed by atoms with E-state index in [1.54, 1.807) is 0 Å². The summed E-state index contributed by atoms with van der Waals surface area (Å²) in [5, 5.41) is 15.6. The number of hydrogen-bond acceptors (Lipinski definition) is 4. The molecule has 3 aliphatic rings. The molecular weight excluding hydrogens is 386 g/mol. The van der Waals surface area contributed by atoms with Gasteiger partial charge in [-0.15, -0.1) is 0 Å². The number of piperidine rings is 2. The lowest BCUT2D eigenvalue weighted by Crippen LogP contribution is -2.52. The van der Waals surface area contributed by atoms with Gasteiger partial charge in [0.2, 0.25) is 0 Å². The predicted molar refractivity (Wildman–Crippen MR) is 124 cm³/mol. The topological polar surface area (TPSA) is 65.5 Å². The van der Waals surface area contributed by atoms with E-state index < -0.39 is 5.97 Å². The molecule has 0 amide bonds. The van der Waals surface area contributed by atoms with Crippen molar-refractivity contribution in [2.45, 2.75) is 89.4 Å². The highest BCUT2D eigenvalue weighted by Crippen LogP contribution is 2.38. The van der Waals surface area contributed by atoms with Gasteiger partial charge >= 0.3 is 5.97 Å². The molecule has 1 saturated carbocycles. The minimum Gasteiger partial charge on any atom is -0.481 e. The van der Waals surface area contributed by atoms with Crippen molar-refractivity contribution < 1.29 is 9.90 Å². The fraction of sp³-hybridized carbons (Fsp3) is 0.615. The van der Waals surface area contributed by atoms with E-state index >= 15 is 0 Å². The Hall–Kier alpha value is -2.14. The number of anilines is 1. The molecule has 2 bridgehead atoms. The van der Waals surface area contributed by atoms with E-state index in [4.69, 9.17) is 4.98 Å². The van der Waals surface area contributed by atoms with Crippen LogP contribution in [0.25, 0.3) is 10.8 Å². The van der Waals surface area contributed by atoms with Crippen LogP contribution in [-0.2, 0) is 11.3 Å². The van der Waals surface area contributed by atoms with E-state index in [0.29, 0.717) is 18.1 Å². The summed E-state index contributed by atoms with van der Waals surface area (Å²) in [5.74, 6) is 1.08. The Morgan fingerprint density at radius 1 is 1.06 bits per heavy atom. The summed E-state index contributed by atoms with van der Waals surface area (Å²) in [6.07, 6.45) is 12.2. The lowest BCUT2D eigenvalue weighted by atomic mass is 9.78. The number of carboxylic acid groups (broad SMARTS) is 1. The first kappa shape index (κ1) is 20.7. The normalized spacial score (nSPS) is 31.5. The molecule has 0 radical (unpaired) electrons. The first-order valence-electron chi connectivity index (χ1n) is 12.2. The van der Waals surface area contributed by atoms with E-state index in [1.807, 2.05) is 6.20 Å². The van der Waals surface area contributed by atoms with E-state index in [1.165, 1.54) is 48.4 Å². The molecule has 3 heterocycles. The van der Waals surface area contributed by atoms with Crippen molar-refractivity contribution in [1.82, 2.24) is 9.88 Å². The molecule has 1 aliphatic carbocycles. The third-order valence-electron chi connectivity index (χ3n) is 7.99. The summed E-state index contributed by atoms with van der Waals surface area (Å²) in [6.45, 7) is 3.27. The molecule has 0 spiro atoms. The first-order valence-corrected chi connectivity index (χ1v) is 12.2. The molecule has 2 unspecified atom stereocenters. The number of carboxylic acids is 1. The summed E-state index contributed by atoms with van der Waals surface area (Å²) in [5.41, 5.74) is 1.31. The number of pyridine rings is 1. The largest absolute Gasteiger partial charge is 0.481 e. The number of nitrogens with zero attached hydrogens (tertiary/aromatic N) is 2. The van der Waals surface area contributed by atoms with Gasteiger partial charge in [-0.25, -0.2) is 4.98 Å². The zero-order valence-corrected chi connectivity index (χ0v) is 18.6. The maximum Gasteiger partial charge on any atom is 0.306 e. The lowest BCUT2D eigenvalue weighted by molar-refractivity contribution is -0.146. The SMILES string of the molecule is CC1CCC(Nc2cc3ccc(CN4C5CCCC4CC(C(=O)O)C5)cc3cn2)CC1. The fourth-order valence-electron chi connectivity index (χ4n) is 6.13. The van der Waals surface area contributed by atoms with Crippen LogP contribution in [0.5, 0.6) is 0 Å². The van der Waals surface area contributed by atoms with Crippen LogP contribution in [0.1, 0.15) is 70.3 Å². The Balaban J connectivity index is 1.27. The predicted octanol–water partition coefficient (Wildman–Crippen LogP) is 5.44. The highest BCUT2D eigenvalue weighted by Gasteiger charge is 2.40. The summed E-state index contributed by atoms with van der Waals surface area (Å²) in [6, 6.07) is 10.3. The van der Waals surface area contributed by atoms with Gasteiger partial charge in [0, 0.05) is 36.3 Å². The van der Waals surface area contributed by atoms with Crippen LogP contribution < -0.4 is 5.32 Å². The highest BCUT2D eigenvalue weighted by atomic mass is 16.4. The molecule has 5 heteroatoms. The van der Waals surface area contributed by atoms with Gasteiger partial charge in [0.05, 0.1) is 5.92 Å². The monoisotopic (exact) mass is 421 g/mol. The van der Waals surface area contributed by atoms with Crippen LogP contribution in [-0.4, -0.2) is 39.1 Å². The lowest BCUT2D eigenvalue weighted by Gasteiger charge is -2.48. The molecule has 31 heavy (non-hydrogen) atoms. The summed E-state index contributed by atoms with van der Waals surface area (Å²) in [4.78, 5) is 18.8. The van der Waals surface area contributed by atoms with E-state index in [0.717, 1.165) is 44.0 Å². The number of rotatable bonds is 5. The number of hydrogen-bond donors (Lipinski definition) is 2. The van der Waals surface area contributed by atoms with Crippen LogP contribution in [0.2, 0.25) is 0 Å². The molecule has 5 nitrogen and oxygen atoms in total. The van der Waals surface area contributed by atoms with Crippen LogP contribution in [0.3, 0.4) is 0 Å². The molecule has 1 aromatic carbocycles. The average molecular weight is 422 g/mol. The minimum atomic E-state index is -0.611. The summed E-state index contributed by atoms with van der Waals surface area (Å²) < 4.78 is 0. The number of carbonyl (C=O) groups is 1. The molecule has 2 saturated heterocycles. The Morgan fingerprint density at radius 2 is 1.81 bits per heavy atom. The molecule has 2 aromatic rings. The van der Waals surface area contributed by atoms with E-state index in [9.17, 15) is 9.90 Å². The smallest absolute Gasteiger partial charge is 0.306 e. The van der Waals surface area contributed by atoms with Crippen LogP contribution in [0.15, 0.2) is 30.5 Å². The molecule has 1 aromatic heterocycles. The minimum absolute atomic E-state index is 0.161. The van der Waals surface area contributed by atoms with Gasteiger partial charge in [0.25, 0.3) is 0 Å². The van der Waals surface area contributed by atoms with Crippen LogP contribution in [0, 0.1) is 11.8 Å². The molecule has 2 aliphatic heterocycles. The standard InChI is InChI=1S/C26H35N3O2/c1-17-5-9-22(10-6-17)28-25-14-19-8-7-18(11-21(19)15-27-25)16-29-23-3-2-4-24(29)13-20(12-23)26(30)31/h7-8,11,14-15,17,20,22-24H,2-6,9-10,12-13,16H2,1H3,(H,27,28)(H,30,31). The van der Waals surface area contributed by atoms with Crippen molar-refractivity contribution in [3.63, 3.8) is 0 Å². The third-order valence-corrected chi connectivity index (χ3v) is 7.99. The van der Waals surface area contributed by atoms with E-state index in [-0.39, 0.29) is 5.92 Å². The van der Waals surface area contributed by atoms with Gasteiger partial charge in [0.15, 0.2) is 0 Å². The zero-order chi connectivity index (χ0) is 21.4. The maximum absolute atomic E-state index is 11.5. The molecule has 166 valence electrons. The molecular formula is C26H35N3O2. The number of aromatic nitrogens is 1. The Labute approximate surface area is 185 Å². The Morgan fingerprint density at radius 3 is 2.52 bits per heavy atom. The quantitative estimate of drug-likeness (QED) is 0.673. The number of fused-ring (bicyclic) bond motifs is 3. The fourth-order valence-corrected chi connectivity index (χ4v) is 6.13. The van der Waals surface area contributed by atoms with Gasteiger partial charge in [-0.2, -0.15) is 0 Å².